The number of methoxy groups -OCH3 is 1. The molecule has 0 saturated carbocycles. The lowest BCUT2D eigenvalue weighted by Crippen LogP contribution is -2.09. The van der Waals surface area contributed by atoms with Gasteiger partial charge in [0, 0.05) is 7.11 Å². The lowest BCUT2D eigenvalue weighted by atomic mass is 10.4. The average molecular weight is 188 g/mol. The highest BCUT2D eigenvalue weighted by atomic mass is 19.1. The van der Waals surface area contributed by atoms with Gasteiger partial charge < -0.3 is 9.84 Å². The maximum Gasteiger partial charge on any atom is 0.342 e. The van der Waals surface area contributed by atoms with Crippen LogP contribution < -0.4 is 0 Å². The van der Waals surface area contributed by atoms with Gasteiger partial charge in [0.1, 0.15) is 5.56 Å². The van der Waals surface area contributed by atoms with Crippen molar-refractivity contribution in [3.05, 3.63) is 17.7 Å². The molecule has 1 rings (SSSR count). The number of aromatic nitrogens is 2. The number of halogens is 1. The summed E-state index contributed by atoms with van der Waals surface area (Å²) < 4.78 is 18.7. The number of carboxylic acids is 1. The quantitative estimate of drug-likeness (QED) is 0.741. The Morgan fingerprint density at radius 3 is 3.00 bits per heavy atom. The van der Waals surface area contributed by atoms with E-state index in [1.54, 1.807) is 0 Å². The van der Waals surface area contributed by atoms with Crippen molar-refractivity contribution in [1.29, 1.82) is 0 Å². The highest BCUT2D eigenvalue weighted by Gasteiger charge is 2.15. The highest BCUT2D eigenvalue weighted by molar-refractivity contribution is 5.87. The van der Waals surface area contributed by atoms with E-state index in [4.69, 9.17) is 9.84 Å². The molecule has 1 aromatic rings. The van der Waals surface area contributed by atoms with Crippen LogP contribution in [-0.2, 0) is 11.3 Å². The van der Waals surface area contributed by atoms with Crippen molar-refractivity contribution in [2.45, 2.75) is 6.54 Å². The fourth-order valence-electron chi connectivity index (χ4n) is 0.848. The number of carbonyl (C=O) groups is 1. The van der Waals surface area contributed by atoms with E-state index in [0.717, 1.165) is 10.9 Å². The van der Waals surface area contributed by atoms with Gasteiger partial charge in [-0.15, -0.1) is 0 Å². The predicted octanol–water partition coefficient (Wildman–Crippen LogP) is 0.367. The van der Waals surface area contributed by atoms with Crippen molar-refractivity contribution >= 4 is 5.97 Å². The third-order valence-corrected chi connectivity index (χ3v) is 1.51. The lowest BCUT2D eigenvalue weighted by molar-refractivity contribution is 0.0690. The first-order chi connectivity index (χ1) is 6.16. The van der Waals surface area contributed by atoms with Crippen molar-refractivity contribution < 1.29 is 19.0 Å². The molecule has 0 radical (unpaired) electrons. The van der Waals surface area contributed by atoms with Gasteiger partial charge in [0.2, 0.25) is 5.95 Å². The standard InChI is InChI=1S/C7H9FN2O3/c1-13-3-2-10-6(8)5(4-9-10)7(11)12/h4H,2-3H2,1H3,(H,11,12). The predicted molar refractivity (Wildman–Crippen MR) is 41.0 cm³/mol. The topological polar surface area (TPSA) is 64.4 Å². The minimum absolute atomic E-state index is 0.204. The molecule has 13 heavy (non-hydrogen) atoms. The Morgan fingerprint density at radius 1 is 1.85 bits per heavy atom. The summed E-state index contributed by atoms with van der Waals surface area (Å²) in [6.07, 6.45) is 0.979. The van der Waals surface area contributed by atoms with Crippen molar-refractivity contribution in [1.82, 2.24) is 9.78 Å². The number of rotatable bonds is 4. The minimum Gasteiger partial charge on any atom is -0.477 e. The molecule has 6 heteroatoms. The van der Waals surface area contributed by atoms with Crippen molar-refractivity contribution in [2.24, 2.45) is 0 Å². The molecule has 0 atom stereocenters. The largest absolute Gasteiger partial charge is 0.477 e. The summed E-state index contributed by atoms with van der Waals surface area (Å²) >= 11 is 0. The molecule has 0 aromatic carbocycles. The molecule has 72 valence electrons. The first kappa shape index (κ1) is 9.66. The summed E-state index contributed by atoms with van der Waals surface area (Å²) in [6.45, 7) is 0.493. The molecule has 0 amide bonds. The van der Waals surface area contributed by atoms with Gasteiger partial charge in [-0.25, -0.2) is 9.48 Å². The summed E-state index contributed by atoms with van der Waals surface area (Å²) in [5.74, 6) is -2.16. The van der Waals surface area contributed by atoms with Gasteiger partial charge in [0.25, 0.3) is 0 Å². The van der Waals surface area contributed by atoms with Crippen LogP contribution in [0.25, 0.3) is 0 Å². The molecular formula is C7H9FN2O3. The zero-order chi connectivity index (χ0) is 9.84. The molecular weight excluding hydrogens is 179 g/mol. The summed E-state index contributed by atoms with van der Waals surface area (Å²) in [7, 11) is 1.47. The summed E-state index contributed by atoms with van der Waals surface area (Å²) in [6, 6.07) is 0. The second-order valence-corrected chi connectivity index (χ2v) is 2.37. The van der Waals surface area contributed by atoms with E-state index >= 15 is 0 Å². The van der Waals surface area contributed by atoms with E-state index in [1.807, 2.05) is 0 Å². The maximum absolute atomic E-state index is 13.1. The molecule has 0 spiro atoms. The van der Waals surface area contributed by atoms with Gasteiger partial charge >= 0.3 is 5.97 Å². The summed E-state index contributed by atoms with van der Waals surface area (Å²) in [5, 5.41) is 12.0. The van der Waals surface area contributed by atoms with Crippen LogP contribution in [0.3, 0.4) is 0 Å². The summed E-state index contributed by atoms with van der Waals surface area (Å²) in [5.41, 5.74) is -0.420. The number of carboxylic acid groups (broad SMARTS) is 1. The van der Waals surface area contributed by atoms with Gasteiger partial charge in [0.05, 0.1) is 19.3 Å². The molecule has 1 N–H and O–H groups in total. The van der Waals surface area contributed by atoms with Crippen LogP contribution in [-0.4, -0.2) is 34.6 Å². The Morgan fingerprint density at radius 2 is 2.54 bits per heavy atom. The zero-order valence-electron chi connectivity index (χ0n) is 7.03. The molecule has 0 aliphatic rings. The van der Waals surface area contributed by atoms with E-state index in [1.165, 1.54) is 7.11 Å². The van der Waals surface area contributed by atoms with Gasteiger partial charge in [0.15, 0.2) is 0 Å². The smallest absolute Gasteiger partial charge is 0.342 e. The number of aromatic carboxylic acids is 1. The Balaban J connectivity index is 2.80. The SMILES string of the molecule is COCCn1ncc(C(=O)O)c1F. The Bertz CT molecular complexity index is 311. The molecule has 5 nitrogen and oxygen atoms in total. The number of hydrogen-bond acceptors (Lipinski definition) is 3. The van der Waals surface area contributed by atoms with Crippen molar-refractivity contribution in [3.8, 4) is 0 Å². The number of hydrogen-bond donors (Lipinski definition) is 1. The van der Waals surface area contributed by atoms with E-state index in [0.29, 0.717) is 0 Å². The molecule has 0 fully saturated rings. The van der Waals surface area contributed by atoms with Crippen molar-refractivity contribution in [3.63, 3.8) is 0 Å². The third kappa shape index (κ3) is 2.03. The second-order valence-electron chi connectivity index (χ2n) is 2.37. The molecule has 0 unspecified atom stereocenters. The number of ether oxygens (including phenoxy) is 1. The Labute approximate surface area is 73.7 Å². The van der Waals surface area contributed by atoms with Crippen LogP contribution >= 0.6 is 0 Å². The molecule has 1 heterocycles. The van der Waals surface area contributed by atoms with E-state index in [9.17, 15) is 9.18 Å². The molecule has 0 aliphatic carbocycles. The number of nitrogens with zero attached hydrogens (tertiary/aromatic N) is 2. The monoisotopic (exact) mass is 188 g/mol. The van der Waals surface area contributed by atoms with Crippen LogP contribution in [0.15, 0.2) is 6.20 Å². The van der Waals surface area contributed by atoms with Gasteiger partial charge in [-0.3, -0.25) is 0 Å². The van der Waals surface area contributed by atoms with Crippen LogP contribution in [0, 0.1) is 5.95 Å². The third-order valence-electron chi connectivity index (χ3n) is 1.51. The van der Waals surface area contributed by atoms with E-state index < -0.39 is 17.5 Å². The van der Waals surface area contributed by atoms with Crippen LogP contribution in [0.1, 0.15) is 10.4 Å². The van der Waals surface area contributed by atoms with E-state index in [-0.39, 0.29) is 13.2 Å². The fourth-order valence-corrected chi connectivity index (χ4v) is 0.848. The lowest BCUT2D eigenvalue weighted by Gasteiger charge is -1.99. The van der Waals surface area contributed by atoms with Crippen LogP contribution in [0.5, 0.6) is 0 Å². The summed E-state index contributed by atoms with van der Waals surface area (Å²) in [4.78, 5) is 10.4. The van der Waals surface area contributed by atoms with Crippen molar-refractivity contribution in [2.75, 3.05) is 13.7 Å². The second kappa shape index (κ2) is 3.99. The minimum atomic E-state index is -1.32. The van der Waals surface area contributed by atoms with Gasteiger partial charge in [-0.05, 0) is 0 Å². The van der Waals surface area contributed by atoms with Gasteiger partial charge in [-0.1, -0.05) is 0 Å². The van der Waals surface area contributed by atoms with E-state index in [2.05, 4.69) is 5.10 Å². The maximum atomic E-state index is 13.1. The van der Waals surface area contributed by atoms with Gasteiger partial charge in [-0.2, -0.15) is 9.49 Å². The first-order valence-corrected chi connectivity index (χ1v) is 3.60. The molecule has 1 aromatic heterocycles. The highest BCUT2D eigenvalue weighted by Crippen LogP contribution is 2.05. The van der Waals surface area contributed by atoms with Crippen LogP contribution in [0.4, 0.5) is 4.39 Å². The normalized spacial score (nSPS) is 10.3. The molecule has 0 aliphatic heterocycles. The first-order valence-electron chi connectivity index (χ1n) is 3.60. The Kier molecular flexibility index (Phi) is 2.97. The molecule has 0 saturated heterocycles. The van der Waals surface area contributed by atoms with Crippen LogP contribution in [0.2, 0.25) is 0 Å². The Hall–Kier alpha value is -1.43. The zero-order valence-corrected chi connectivity index (χ0v) is 7.03. The average Bonchev–Trinajstić information content (AvgIpc) is 2.43. The fraction of sp³-hybridized carbons (Fsp3) is 0.429. The molecule has 0 bridgehead atoms.